The summed E-state index contributed by atoms with van der Waals surface area (Å²) in [6.07, 6.45) is 1.40. The molecule has 0 aliphatic carbocycles. The van der Waals surface area contributed by atoms with Gasteiger partial charge in [-0.05, 0) is 25.1 Å². The van der Waals surface area contributed by atoms with Crippen LogP contribution in [0.3, 0.4) is 0 Å². The first-order valence-electron chi connectivity index (χ1n) is 5.76. The Hall–Kier alpha value is -1.73. The van der Waals surface area contributed by atoms with Crippen molar-refractivity contribution < 1.29 is 9.53 Å². The Morgan fingerprint density at radius 1 is 1.55 bits per heavy atom. The smallest absolute Gasteiger partial charge is 0.237 e. The van der Waals surface area contributed by atoms with Crippen molar-refractivity contribution in [1.82, 2.24) is 15.2 Å². The zero-order valence-corrected chi connectivity index (χ0v) is 12.5. The topological polar surface area (TPSA) is 79.9 Å². The molecule has 1 amide bonds. The van der Waals surface area contributed by atoms with E-state index in [1.165, 1.54) is 25.2 Å². The molecule has 1 aromatic carbocycles. The monoisotopic (exact) mass is 312 g/mol. The van der Waals surface area contributed by atoms with Crippen molar-refractivity contribution in [3.8, 4) is 5.75 Å². The normalized spacial score (nSPS) is 11.9. The first-order chi connectivity index (χ1) is 9.60. The number of thioether (sulfide) groups is 1. The van der Waals surface area contributed by atoms with E-state index in [1.54, 1.807) is 25.1 Å². The minimum absolute atomic E-state index is 0.174. The average molecular weight is 313 g/mol. The van der Waals surface area contributed by atoms with Crippen molar-refractivity contribution in [2.24, 2.45) is 0 Å². The van der Waals surface area contributed by atoms with Gasteiger partial charge in [-0.1, -0.05) is 23.4 Å². The van der Waals surface area contributed by atoms with E-state index in [0.717, 1.165) is 0 Å². The predicted octanol–water partition coefficient (Wildman–Crippen LogP) is 2.59. The molecule has 2 aromatic rings. The van der Waals surface area contributed by atoms with Crippen LogP contribution in [0.2, 0.25) is 5.02 Å². The molecule has 6 nitrogen and oxygen atoms in total. The summed E-state index contributed by atoms with van der Waals surface area (Å²) in [5, 5.41) is 9.98. The highest BCUT2D eigenvalue weighted by Crippen LogP contribution is 2.29. The number of carbonyl (C=O) groups is 1. The lowest BCUT2D eigenvalue weighted by molar-refractivity contribution is -0.115. The molecule has 0 fully saturated rings. The highest BCUT2D eigenvalue weighted by Gasteiger charge is 2.17. The van der Waals surface area contributed by atoms with Gasteiger partial charge in [-0.2, -0.15) is 5.10 Å². The molecule has 0 spiro atoms. The number of aromatic amines is 1. The van der Waals surface area contributed by atoms with Gasteiger partial charge in [0.05, 0.1) is 18.0 Å². The summed E-state index contributed by atoms with van der Waals surface area (Å²) < 4.78 is 5.18. The summed E-state index contributed by atoms with van der Waals surface area (Å²) in [6, 6.07) is 5.04. The highest BCUT2D eigenvalue weighted by atomic mass is 35.5. The Kier molecular flexibility index (Phi) is 4.86. The number of nitrogens with one attached hydrogen (secondary N) is 2. The molecule has 0 aliphatic rings. The fourth-order valence-corrected chi connectivity index (χ4v) is 2.37. The molecule has 0 bridgehead atoms. The Labute approximate surface area is 125 Å². The summed E-state index contributed by atoms with van der Waals surface area (Å²) in [7, 11) is 1.53. The third-order valence-electron chi connectivity index (χ3n) is 2.47. The number of nitrogens with zero attached hydrogens (tertiary/aromatic N) is 2. The van der Waals surface area contributed by atoms with Gasteiger partial charge >= 0.3 is 0 Å². The summed E-state index contributed by atoms with van der Waals surface area (Å²) >= 11 is 7.20. The van der Waals surface area contributed by atoms with Gasteiger partial charge in [-0.15, -0.1) is 0 Å². The van der Waals surface area contributed by atoms with E-state index in [4.69, 9.17) is 16.3 Å². The number of rotatable bonds is 5. The first kappa shape index (κ1) is 14.7. The van der Waals surface area contributed by atoms with Gasteiger partial charge < -0.3 is 10.1 Å². The zero-order chi connectivity index (χ0) is 14.5. The maximum absolute atomic E-state index is 12.1. The third-order valence-corrected chi connectivity index (χ3v) is 3.69. The number of carbonyl (C=O) groups excluding carboxylic acids is 1. The molecule has 0 radical (unpaired) electrons. The maximum atomic E-state index is 12.1. The molecule has 1 atom stereocenters. The molecule has 20 heavy (non-hydrogen) atoms. The van der Waals surface area contributed by atoms with E-state index in [9.17, 15) is 4.79 Å². The highest BCUT2D eigenvalue weighted by molar-refractivity contribution is 8.00. The van der Waals surface area contributed by atoms with Crippen LogP contribution in [0.5, 0.6) is 5.75 Å². The standard InChI is InChI=1S/C12H13ClN4O2S/c1-7(20-12-14-6-15-17-12)11(18)16-9-5-8(13)3-4-10(9)19-2/h3-7H,1-2H3,(H,16,18)(H,14,15,17)/t7-/m0/s1. The maximum Gasteiger partial charge on any atom is 0.237 e. The van der Waals surface area contributed by atoms with Gasteiger partial charge in [-0.25, -0.2) is 4.98 Å². The lowest BCUT2D eigenvalue weighted by Gasteiger charge is -2.13. The van der Waals surface area contributed by atoms with Gasteiger partial charge in [-0.3, -0.25) is 9.89 Å². The molecule has 2 N–H and O–H groups in total. The second kappa shape index (κ2) is 6.62. The van der Waals surface area contributed by atoms with Crippen LogP contribution in [0.4, 0.5) is 5.69 Å². The van der Waals surface area contributed by atoms with E-state index in [0.29, 0.717) is 21.6 Å². The average Bonchev–Trinajstić information content (AvgIpc) is 2.91. The quantitative estimate of drug-likeness (QED) is 0.830. The molecule has 0 saturated carbocycles. The Morgan fingerprint density at radius 3 is 3.00 bits per heavy atom. The number of H-pyrrole nitrogens is 1. The number of methoxy groups -OCH3 is 1. The van der Waals surface area contributed by atoms with Crippen molar-refractivity contribution in [1.29, 1.82) is 0 Å². The number of aromatic nitrogens is 3. The molecular weight excluding hydrogens is 300 g/mol. The number of anilines is 1. The van der Waals surface area contributed by atoms with E-state index >= 15 is 0 Å². The van der Waals surface area contributed by atoms with E-state index in [2.05, 4.69) is 20.5 Å². The van der Waals surface area contributed by atoms with Crippen LogP contribution in [0.25, 0.3) is 0 Å². The third kappa shape index (κ3) is 3.64. The van der Waals surface area contributed by atoms with Crippen LogP contribution >= 0.6 is 23.4 Å². The Bertz CT molecular complexity index is 591. The first-order valence-corrected chi connectivity index (χ1v) is 7.02. The summed E-state index contributed by atoms with van der Waals surface area (Å²) in [4.78, 5) is 16.1. The molecule has 1 aromatic heterocycles. The second-order valence-electron chi connectivity index (χ2n) is 3.88. The van der Waals surface area contributed by atoms with Crippen LogP contribution in [-0.4, -0.2) is 33.4 Å². The summed E-state index contributed by atoms with van der Waals surface area (Å²) in [6.45, 7) is 1.78. The van der Waals surface area contributed by atoms with Gasteiger partial charge in [0.25, 0.3) is 0 Å². The van der Waals surface area contributed by atoms with Gasteiger partial charge in [0, 0.05) is 5.02 Å². The van der Waals surface area contributed by atoms with Crippen molar-refractivity contribution in [2.75, 3.05) is 12.4 Å². The molecule has 0 saturated heterocycles. The van der Waals surface area contributed by atoms with Crippen LogP contribution in [0.1, 0.15) is 6.92 Å². The largest absolute Gasteiger partial charge is 0.495 e. The van der Waals surface area contributed by atoms with Gasteiger partial charge in [0.2, 0.25) is 5.91 Å². The van der Waals surface area contributed by atoms with E-state index in [1.807, 2.05) is 0 Å². The van der Waals surface area contributed by atoms with Crippen molar-refractivity contribution in [3.63, 3.8) is 0 Å². The Morgan fingerprint density at radius 2 is 2.35 bits per heavy atom. The number of halogens is 1. The molecule has 0 unspecified atom stereocenters. The molecule has 106 valence electrons. The predicted molar refractivity (Wildman–Crippen MR) is 78.3 cm³/mol. The molecule has 8 heteroatoms. The number of amides is 1. The van der Waals surface area contributed by atoms with E-state index < -0.39 is 0 Å². The minimum Gasteiger partial charge on any atom is -0.495 e. The Balaban J connectivity index is 2.05. The van der Waals surface area contributed by atoms with Crippen molar-refractivity contribution in [3.05, 3.63) is 29.5 Å². The lowest BCUT2D eigenvalue weighted by atomic mass is 10.3. The zero-order valence-electron chi connectivity index (χ0n) is 10.9. The second-order valence-corrected chi connectivity index (χ2v) is 5.65. The van der Waals surface area contributed by atoms with Gasteiger partial charge in [0.15, 0.2) is 5.16 Å². The van der Waals surface area contributed by atoms with Crippen LogP contribution in [0.15, 0.2) is 29.7 Å². The summed E-state index contributed by atoms with van der Waals surface area (Å²) in [5.41, 5.74) is 0.537. The van der Waals surface area contributed by atoms with Crippen LogP contribution < -0.4 is 10.1 Å². The molecule has 2 rings (SSSR count). The fourth-order valence-electron chi connectivity index (χ4n) is 1.48. The number of benzene rings is 1. The SMILES string of the molecule is COc1ccc(Cl)cc1NC(=O)[C@H](C)Sc1ncn[nH]1. The van der Waals surface area contributed by atoms with Crippen LogP contribution in [0, 0.1) is 0 Å². The molecular formula is C12H13ClN4O2S. The molecule has 0 aliphatic heterocycles. The van der Waals surface area contributed by atoms with Gasteiger partial charge in [0.1, 0.15) is 12.1 Å². The van der Waals surface area contributed by atoms with Crippen molar-refractivity contribution >= 4 is 35.0 Å². The van der Waals surface area contributed by atoms with E-state index in [-0.39, 0.29) is 11.2 Å². The number of hydrogen-bond donors (Lipinski definition) is 2. The van der Waals surface area contributed by atoms with Crippen molar-refractivity contribution in [2.45, 2.75) is 17.3 Å². The number of hydrogen-bond acceptors (Lipinski definition) is 5. The molecule has 1 heterocycles. The fraction of sp³-hybridized carbons (Fsp3) is 0.250. The van der Waals surface area contributed by atoms with Crippen LogP contribution in [-0.2, 0) is 4.79 Å². The minimum atomic E-state index is -0.341. The lowest BCUT2D eigenvalue weighted by Crippen LogP contribution is -2.22. The summed E-state index contributed by atoms with van der Waals surface area (Å²) in [5.74, 6) is 0.381. The number of ether oxygens (including phenoxy) is 1.